The molecular weight excluding hydrogens is 504 g/mol. The molecule has 1 fully saturated rings. The number of primary amides is 1. The van der Waals surface area contributed by atoms with Crippen LogP contribution >= 0.6 is 0 Å². The van der Waals surface area contributed by atoms with Gasteiger partial charge in [0.2, 0.25) is 0 Å². The average Bonchev–Trinajstić information content (AvgIpc) is 3.61. The van der Waals surface area contributed by atoms with E-state index in [9.17, 15) is 9.90 Å². The van der Waals surface area contributed by atoms with E-state index in [0.717, 1.165) is 59.4 Å². The van der Waals surface area contributed by atoms with E-state index in [-0.39, 0.29) is 18.1 Å². The van der Waals surface area contributed by atoms with E-state index in [0.29, 0.717) is 16.9 Å². The molecule has 1 aliphatic rings. The lowest BCUT2D eigenvalue weighted by Crippen LogP contribution is -2.29. The predicted octanol–water partition coefficient (Wildman–Crippen LogP) is 4.61. The van der Waals surface area contributed by atoms with Gasteiger partial charge in [0.25, 0.3) is 5.91 Å². The van der Waals surface area contributed by atoms with E-state index in [1.54, 1.807) is 31.0 Å². The van der Waals surface area contributed by atoms with E-state index in [2.05, 4.69) is 29.1 Å². The average molecular weight is 537 g/mol. The first-order chi connectivity index (χ1) is 19.4. The number of imidazole rings is 1. The van der Waals surface area contributed by atoms with Crippen molar-refractivity contribution in [3.8, 4) is 22.6 Å². The molecule has 4 N–H and O–H groups in total. The molecule has 4 aromatic heterocycles. The molecule has 204 valence electrons. The van der Waals surface area contributed by atoms with Crippen molar-refractivity contribution >= 4 is 22.6 Å². The Hall–Kier alpha value is -4.57. The normalized spacial score (nSPS) is 17.4. The number of nitrogens with one attached hydrogen (secondary N) is 1. The molecule has 0 bridgehead atoms. The van der Waals surface area contributed by atoms with Crippen LogP contribution in [0, 0.1) is 0 Å². The monoisotopic (exact) mass is 536 g/mol. The smallest absolute Gasteiger partial charge is 0.250 e. The molecule has 0 aliphatic heterocycles. The minimum atomic E-state index is -0.497. The Morgan fingerprint density at radius 1 is 1.05 bits per heavy atom. The van der Waals surface area contributed by atoms with Crippen LogP contribution in [0.3, 0.4) is 0 Å². The third-order valence-electron chi connectivity index (χ3n) is 7.53. The molecule has 1 saturated carbocycles. The van der Waals surface area contributed by atoms with Crippen molar-refractivity contribution < 1.29 is 9.90 Å². The Labute approximate surface area is 231 Å². The first-order valence-corrected chi connectivity index (χ1v) is 13.6. The van der Waals surface area contributed by atoms with E-state index < -0.39 is 5.91 Å². The summed E-state index contributed by atoms with van der Waals surface area (Å²) in [5.41, 5.74) is 12.0. The van der Waals surface area contributed by atoms with Crippen LogP contribution in [0.1, 0.15) is 61.5 Å². The number of carbonyl (C=O) groups excluding carboxylic acids is 1. The number of aliphatic hydroxyl groups is 1. The number of fused-ring (bicyclic) bond motifs is 1. The van der Waals surface area contributed by atoms with Gasteiger partial charge < -0.3 is 20.7 Å². The van der Waals surface area contributed by atoms with Gasteiger partial charge in [-0.1, -0.05) is 13.8 Å². The van der Waals surface area contributed by atoms with Crippen molar-refractivity contribution in [3.05, 3.63) is 78.8 Å². The highest BCUT2D eigenvalue weighted by Gasteiger charge is 2.23. The van der Waals surface area contributed by atoms with Crippen LogP contribution in [-0.2, 0) is 0 Å². The van der Waals surface area contributed by atoms with Crippen LogP contribution in [0.25, 0.3) is 33.7 Å². The van der Waals surface area contributed by atoms with Gasteiger partial charge in [0.15, 0.2) is 5.65 Å². The van der Waals surface area contributed by atoms with Gasteiger partial charge in [-0.25, -0.2) is 14.6 Å². The molecule has 0 radical (unpaired) electrons. The summed E-state index contributed by atoms with van der Waals surface area (Å²) in [5, 5.41) is 19.4. The van der Waals surface area contributed by atoms with Gasteiger partial charge in [-0.2, -0.15) is 5.10 Å². The Balaban J connectivity index is 1.44. The lowest BCUT2D eigenvalue weighted by Gasteiger charge is -2.27. The fraction of sp³-hybridized carbons (Fsp3) is 0.300. The molecule has 0 unspecified atom stereocenters. The maximum Gasteiger partial charge on any atom is 0.250 e. The summed E-state index contributed by atoms with van der Waals surface area (Å²) in [6.07, 6.45) is 11.9. The first-order valence-electron chi connectivity index (χ1n) is 13.6. The van der Waals surface area contributed by atoms with Crippen LogP contribution in [0.4, 0.5) is 5.69 Å². The number of carbonyl (C=O) groups is 1. The van der Waals surface area contributed by atoms with Crippen molar-refractivity contribution in [1.29, 1.82) is 0 Å². The Kier molecular flexibility index (Phi) is 6.77. The SMILES string of the molecule is CC(C)c1nn(-c2ccc(C(N)=O)c(NC3CCC(O)CC3)c2)c2nccc(-n3cnc(-c4ccncc4)c3)c12. The summed E-state index contributed by atoms with van der Waals surface area (Å²) in [5.74, 6) is -0.366. The van der Waals surface area contributed by atoms with E-state index in [4.69, 9.17) is 15.8 Å². The predicted molar refractivity (Wildman–Crippen MR) is 154 cm³/mol. The van der Waals surface area contributed by atoms with Crippen molar-refractivity contribution in [3.63, 3.8) is 0 Å². The second-order valence-electron chi connectivity index (χ2n) is 10.6. The number of hydrogen-bond donors (Lipinski definition) is 3. The van der Waals surface area contributed by atoms with Gasteiger partial charge in [0, 0.05) is 42.1 Å². The number of amides is 1. The third-order valence-corrected chi connectivity index (χ3v) is 7.53. The zero-order valence-electron chi connectivity index (χ0n) is 22.5. The number of benzene rings is 1. The second kappa shape index (κ2) is 10.5. The Bertz CT molecular complexity index is 1670. The number of nitrogens with zero attached hydrogens (tertiary/aromatic N) is 6. The fourth-order valence-electron chi connectivity index (χ4n) is 5.42. The molecule has 40 heavy (non-hydrogen) atoms. The third kappa shape index (κ3) is 4.82. The summed E-state index contributed by atoms with van der Waals surface area (Å²) in [6.45, 7) is 4.22. The summed E-state index contributed by atoms with van der Waals surface area (Å²) < 4.78 is 3.83. The maximum absolute atomic E-state index is 12.3. The second-order valence-corrected chi connectivity index (χ2v) is 10.6. The molecular formula is C30H32N8O2. The van der Waals surface area contributed by atoms with Crippen molar-refractivity contribution in [2.75, 3.05) is 5.32 Å². The van der Waals surface area contributed by atoms with E-state index >= 15 is 0 Å². The van der Waals surface area contributed by atoms with E-state index in [1.807, 2.05) is 45.8 Å². The molecule has 0 atom stereocenters. The lowest BCUT2D eigenvalue weighted by atomic mass is 9.92. The summed E-state index contributed by atoms with van der Waals surface area (Å²) >= 11 is 0. The van der Waals surface area contributed by atoms with Gasteiger partial charge in [0.1, 0.15) is 0 Å². The number of aliphatic hydroxyl groups excluding tert-OH is 1. The van der Waals surface area contributed by atoms with Gasteiger partial charge in [-0.15, -0.1) is 0 Å². The number of aromatic nitrogens is 6. The van der Waals surface area contributed by atoms with Gasteiger partial charge in [0.05, 0.1) is 46.1 Å². The molecule has 4 heterocycles. The molecule has 1 aliphatic carbocycles. The molecule has 0 saturated heterocycles. The summed E-state index contributed by atoms with van der Waals surface area (Å²) in [4.78, 5) is 25.7. The number of rotatable bonds is 7. The van der Waals surface area contributed by atoms with E-state index in [1.165, 1.54) is 0 Å². The standard InChI is InChI=1S/C30H32N8O2/c1-18(2)28-27-26(37-16-25(34-17-37)19-9-12-32-13-10-19)11-14-33-30(27)38(36-28)21-5-8-23(29(31)40)24(15-21)35-20-3-6-22(39)7-4-20/h5,8-18,20,22,35,39H,3-4,6-7H2,1-2H3,(H2,31,40). The maximum atomic E-state index is 12.3. The van der Waals surface area contributed by atoms with Crippen LogP contribution in [-0.4, -0.2) is 52.5 Å². The van der Waals surface area contributed by atoms with Crippen LogP contribution in [0.5, 0.6) is 0 Å². The van der Waals surface area contributed by atoms with Crippen molar-refractivity contribution in [2.45, 2.75) is 57.6 Å². The van der Waals surface area contributed by atoms with Crippen molar-refractivity contribution in [1.82, 2.24) is 29.3 Å². The quantitative estimate of drug-likeness (QED) is 0.276. The van der Waals surface area contributed by atoms with Gasteiger partial charge >= 0.3 is 0 Å². The topological polar surface area (TPSA) is 137 Å². The highest BCUT2D eigenvalue weighted by molar-refractivity contribution is 5.99. The fourth-order valence-corrected chi connectivity index (χ4v) is 5.42. The zero-order valence-corrected chi connectivity index (χ0v) is 22.5. The summed E-state index contributed by atoms with van der Waals surface area (Å²) in [6, 6.07) is 11.5. The molecule has 10 nitrogen and oxygen atoms in total. The molecule has 1 amide bonds. The summed E-state index contributed by atoms with van der Waals surface area (Å²) in [7, 11) is 0. The van der Waals surface area contributed by atoms with Crippen molar-refractivity contribution in [2.24, 2.45) is 5.73 Å². The molecule has 0 spiro atoms. The Morgan fingerprint density at radius 2 is 1.82 bits per heavy atom. The molecule has 1 aromatic carbocycles. The zero-order chi connectivity index (χ0) is 27.8. The van der Waals surface area contributed by atoms with Crippen LogP contribution in [0.2, 0.25) is 0 Å². The minimum Gasteiger partial charge on any atom is -0.393 e. The minimum absolute atomic E-state index is 0.131. The van der Waals surface area contributed by atoms with Gasteiger partial charge in [-0.05, 0) is 68.0 Å². The highest BCUT2D eigenvalue weighted by Crippen LogP contribution is 2.33. The van der Waals surface area contributed by atoms with Crippen LogP contribution in [0.15, 0.2) is 67.5 Å². The number of hydrogen-bond acceptors (Lipinski definition) is 7. The lowest BCUT2D eigenvalue weighted by molar-refractivity contribution is 0.100. The number of nitrogens with two attached hydrogens (primary N) is 1. The molecule has 6 rings (SSSR count). The molecule has 10 heteroatoms. The Morgan fingerprint density at radius 3 is 2.55 bits per heavy atom. The molecule has 5 aromatic rings. The number of anilines is 1. The van der Waals surface area contributed by atoms with Gasteiger partial charge in [-0.3, -0.25) is 9.78 Å². The largest absolute Gasteiger partial charge is 0.393 e. The number of pyridine rings is 2. The first kappa shape index (κ1) is 25.7. The highest BCUT2D eigenvalue weighted by atomic mass is 16.3. The van der Waals surface area contributed by atoms with Crippen LogP contribution < -0.4 is 11.1 Å².